The second-order valence-corrected chi connectivity index (χ2v) is 3.24. The molecule has 0 aliphatic heterocycles. The smallest absolute Gasteiger partial charge is 0.169 e. The minimum Gasteiger partial charge on any atom is -0.383 e. The Morgan fingerprint density at radius 1 is 1.31 bits per heavy atom. The summed E-state index contributed by atoms with van der Waals surface area (Å²) in [5.41, 5.74) is 1.23. The fourth-order valence-corrected chi connectivity index (χ4v) is 1.03. The van der Waals surface area contributed by atoms with Crippen LogP contribution in [0.1, 0.15) is 12.5 Å². The summed E-state index contributed by atoms with van der Waals surface area (Å²) in [6.07, 6.45) is 8.33. The average molecular weight is 177 g/mol. The first kappa shape index (κ1) is 9.78. The molecule has 0 saturated heterocycles. The van der Waals surface area contributed by atoms with Crippen LogP contribution in [0.5, 0.6) is 0 Å². The van der Waals surface area contributed by atoms with Crippen molar-refractivity contribution in [2.24, 2.45) is 0 Å². The molecule has 13 heavy (non-hydrogen) atoms. The minimum atomic E-state index is 1.03. The molecule has 1 heterocycles. The predicted octanol–water partition coefficient (Wildman–Crippen LogP) is 1.53. The molecular weight excluding hydrogens is 160 g/mol. The fourth-order valence-electron chi connectivity index (χ4n) is 1.03. The van der Waals surface area contributed by atoms with Gasteiger partial charge >= 0.3 is 0 Å². The van der Waals surface area contributed by atoms with Gasteiger partial charge in [-0.05, 0) is 24.8 Å². The molecule has 0 fully saturated rings. The van der Waals surface area contributed by atoms with Crippen LogP contribution >= 0.6 is 0 Å². The van der Waals surface area contributed by atoms with E-state index in [2.05, 4.69) is 42.1 Å². The van der Waals surface area contributed by atoms with Crippen LogP contribution < -0.4 is 4.57 Å². The van der Waals surface area contributed by atoms with E-state index in [0.29, 0.717) is 0 Å². The van der Waals surface area contributed by atoms with E-state index >= 15 is 0 Å². The molecule has 70 valence electrons. The van der Waals surface area contributed by atoms with E-state index in [1.165, 1.54) is 5.56 Å². The summed E-state index contributed by atoms with van der Waals surface area (Å²) in [5.74, 6) is 0. The maximum Gasteiger partial charge on any atom is 0.169 e. The van der Waals surface area contributed by atoms with E-state index < -0.39 is 0 Å². The maximum atomic E-state index is 2.15. The van der Waals surface area contributed by atoms with Gasteiger partial charge in [0.15, 0.2) is 12.4 Å². The molecule has 1 aromatic heterocycles. The Balaban J connectivity index is 2.69. The summed E-state index contributed by atoms with van der Waals surface area (Å²) in [6.45, 7) is 3.16. The van der Waals surface area contributed by atoms with E-state index in [1.807, 2.05) is 25.2 Å². The van der Waals surface area contributed by atoms with E-state index in [9.17, 15) is 0 Å². The number of rotatable bonds is 3. The van der Waals surface area contributed by atoms with Gasteiger partial charge in [0.05, 0.1) is 0 Å². The lowest BCUT2D eigenvalue weighted by molar-refractivity contribution is -0.693. The quantitative estimate of drug-likeness (QED) is 0.635. The summed E-state index contributed by atoms with van der Waals surface area (Å²) in [4.78, 5) is 2.03. The molecule has 0 N–H and O–H groups in total. The van der Waals surface area contributed by atoms with Crippen LogP contribution in [0.2, 0.25) is 0 Å². The van der Waals surface area contributed by atoms with Crippen LogP contribution in [-0.2, 0) is 6.54 Å². The highest BCUT2D eigenvalue weighted by Crippen LogP contribution is 1.98. The molecule has 1 aromatic rings. The molecule has 0 bridgehead atoms. The Bertz CT molecular complexity index is 273. The zero-order valence-electron chi connectivity index (χ0n) is 8.57. The van der Waals surface area contributed by atoms with Crippen LogP contribution in [0.25, 0.3) is 6.08 Å². The molecule has 2 heteroatoms. The Kier molecular flexibility index (Phi) is 3.50. The van der Waals surface area contributed by atoms with Gasteiger partial charge in [-0.3, -0.25) is 0 Å². The number of nitrogens with zero attached hydrogens (tertiary/aromatic N) is 2. The second kappa shape index (κ2) is 4.65. The van der Waals surface area contributed by atoms with E-state index in [1.54, 1.807) is 0 Å². The number of hydrogen-bond donors (Lipinski definition) is 0. The Morgan fingerprint density at radius 3 is 2.38 bits per heavy atom. The third-order valence-corrected chi connectivity index (χ3v) is 1.85. The molecule has 0 saturated carbocycles. The molecule has 0 unspecified atom stereocenters. The number of pyridine rings is 1. The first-order valence-electron chi connectivity index (χ1n) is 4.56. The summed E-state index contributed by atoms with van der Waals surface area (Å²) < 4.78 is 2.15. The van der Waals surface area contributed by atoms with Gasteiger partial charge in [0.25, 0.3) is 0 Å². The lowest BCUT2D eigenvalue weighted by atomic mass is 10.2. The van der Waals surface area contributed by atoms with Crippen LogP contribution in [0.4, 0.5) is 0 Å². The summed E-state index contributed by atoms with van der Waals surface area (Å²) in [7, 11) is 4.04. The number of aryl methyl sites for hydroxylation is 1. The monoisotopic (exact) mass is 177 g/mol. The van der Waals surface area contributed by atoms with E-state index in [4.69, 9.17) is 0 Å². The zero-order chi connectivity index (χ0) is 9.68. The van der Waals surface area contributed by atoms with Gasteiger partial charge in [0.2, 0.25) is 0 Å². The molecule has 0 radical (unpaired) electrons. The highest BCUT2D eigenvalue weighted by atomic mass is 15.0. The average Bonchev–Trinajstić information content (AvgIpc) is 2.15. The second-order valence-electron chi connectivity index (χ2n) is 3.24. The summed E-state index contributed by atoms with van der Waals surface area (Å²) >= 11 is 0. The van der Waals surface area contributed by atoms with Crippen molar-refractivity contribution in [3.8, 4) is 0 Å². The Labute approximate surface area is 80.1 Å². The number of hydrogen-bond acceptors (Lipinski definition) is 1. The number of aromatic nitrogens is 1. The minimum absolute atomic E-state index is 1.03. The van der Waals surface area contributed by atoms with Crippen molar-refractivity contribution in [1.29, 1.82) is 0 Å². The summed E-state index contributed by atoms with van der Waals surface area (Å²) in [6, 6.07) is 4.23. The molecule has 0 aliphatic rings. The lowest BCUT2D eigenvalue weighted by Gasteiger charge is -2.02. The molecule has 0 aliphatic carbocycles. The molecule has 1 rings (SSSR count). The van der Waals surface area contributed by atoms with Crippen LogP contribution in [-0.4, -0.2) is 19.0 Å². The standard InChI is InChI=1S/C11H17N2/c1-4-13-9-6-11(7-10-13)5-8-12(2)3/h5-10H,4H2,1-3H3/q+1. The molecule has 2 nitrogen and oxygen atoms in total. The van der Waals surface area contributed by atoms with Crippen molar-refractivity contribution in [1.82, 2.24) is 4.90 Å². The van der Waals surface area contributed by atoms with Crippen LogP contribution in [0.15, 0.2) is 30.7 Å². The van der Waals surface area contributed by atoms with Gasteiger partial charge in [-0.25, -0.2) is 4.57 Å². The topological polar surface area (TPSA) is 7.12 Å². The normalized spacial score (nSPS) is 10.7. The third kappa shape index (κ3) is 3.28. The van der Waals surface area contributed by atoms with E-state index in [0.717, 1.165) is 6.54 Å². The van der Waals surface area contributed by atoms with Gasteiger partial charge < -0.3 is 4.90 Å². The van der Waals surface area contributed by atoms with Gasteiger partial charge in [0.1, 0.15) is 6.54 Å². The Morgan fingerprint density at radius 2 is 1.92 bits per heavy atom. The third-order valence-electron chi connectivity index (χ3n) is 1.85. The molecule has 0 aromatic carbocycles. The SMILES string of the molecule is CC[n+]1ccc(/C=C/N(C)C)cc1. The van der Waals surface area contributed by atoms with E-state index in [-0.39, 0.29) is 0 Å². The maximum absolute atomic E-state index is 2.15. The van der Waals surface area contributed by atoms with Gasteiger partial charge in [-0.1, -0.05) is 0 Å². The van der Waals surface area contributed by atoms with Crippen LogP contribution in [0.3, 0.4) is 0 Å². The van der Waals surface area contributed by atoms with Crippen molar-refractivity contribution in [3.05, 3.63) is 36.3 Å². The Hall–Kier alpha value is -1.31. The van der Waals surface area contributed by atoms with Crippen molar-refractivity contribution >= 4 is 6.08 Å². The summed E-state index contributed by atoms with van der Waals surface area (Å²) in [5, 5.41) is 0. The highest BCUT2D eigenvalue weighted by Gasteiger charge is 1.93. The van der Waals surface area contributed by atoms with Crippen LogP contribution in [0, 0.1) is 0 Å². The molecule has 0 amide bonds. The van der Waals surface area contributed by atoms with Gasteiger partial charge in [-0.2, -0.15) is 0 Å². The first-order chi connectivity index (χ1) is 6.22. The molecular formula is C11H17N2+. The fraction of sp³-hybridized carbons (Fsp3) is 0.364. The van der Waals surface area contributed by atoms with Crippen molar-refractivity contribution < 1.29 is 4.57 Å². The van der Waals surface area contributed by atoms with Crippen molar-refractivity contribution in [3.63, 3.8) is 0 Å². The van der Waals surface area contributed by atoms with Crippen molar-refractivity contribution in [2.45, 2.75) is 13.5 Å². The highest BCUT2D eigenvalue weighted by molar-refractivity contribution is 5.46. The van der Waals surface area contributed by atoms with Gasteiger partial charge in [-0.15, -0.1) is 0 Å². The molecule has 0 atom stereocenters. The van der Waals surface area contributed by atoms with Crippen molar-refractivity contribution in [2.75, 3.05) is 14.1 Å². The zero-order valence-corrected chi connectivity index (χ0v) is 8.57. The lowest BCUT2D eigenvalue weighted by Crippen LogP contribution is -2.30. The largest absolute Gasteiger partial charge is 0.383 e. The predicted molar refractivity (Wildman–Crippen MR) is 55.0 cm³/mol. The van der Waals surface area contributed by atoms with Gasteiger partial charge in [0, 0.05) is 26.2 Å². The first-order valence-corrected chi connectivity index (χ1v) is 4.56. The molecule has 0 spiro atoms.